The molecule has 2 atom stereocenters. The van der Waals surface area contributed by atoms with Crippen LogP contribution in [0, 0.1) is 0 Å². The molecule has 14 heavy (non-hydrogen) atoms. The van der Waals surface area contributed by atoms with E-state index >= 15 is 0 Å². The molecule has 4 nitrogen and oxygen atoms in total. The van der Waals surface area contributed by atoms with Crippen molar-refractivity contribution in [2.75, 3.05) is 13.7 Å². The van der Waals surface area contributed by atoms with Crippen molar-refractivity contribution in [3.63, 3.8) is 0 Å². The van der Waals surface area contributed by atoms with E-state index in [9.17, 15) is 0 Å². The maximum Gasteiger partial charge on any atom is 0.181 e. The van der Waals surface area contributed by atoms with Crippen molar-refractivity contribution in [2.24, 2.45) is 0 Å². The van der Waals surface area contributed by atoms with Crippen molar-refractivity contribution in [1.82, 2.24) is 10.3 Å². The fraction of sp³-hybridized carbons (Fsp3) is 0.700. The van der Waals surface area contributed by atoms with Crippen LogP contribution in [-0.4, -0.2) is 24.7 Å². The lowest BCUT2D eigenvalue weighted by Crippen LogP contribution is -2.13. The fourth-order valence-electron chi connectivity index (χ4n) is 1.96. The largest absolute Gasteiger partial charge is 0.448 e. The van der Waals surface area contributed by atoms with Crippen LogP contribution < -0.4 is 5.32 Å². The third kappa shape index (κ3) is 1.67. The Kier molecular flexibility index (Phi) is 2.84. The summed E-state index contributed by atoms with van der Waals surface area (Å²) in [5, 5.41) is 3.09. The number of nitrogens with one attached hydrogen (secondary N) is 1. The molecule has 1 aromatic rings. The van der Waals surface area contributed by atoms with Crippen LogP contribution in [-0.2, 0) is 11.3 Å². The van der Waals surface area contributed by atoms with E-state index < -0.39 is 0 Å². The highest BCUT2D eigenvalue weighted by atomic mass is 16.5. The zero-order valence-electron chi connectivity index (χ0n) is 8.62. The van der Waals surface area contributed by atoms with Crippen molar-refractivity contribution in [1.29, 1.82) is 0 Å². The van der Waals surface area contributed by atoms with Crippen molar-refractivity contribution in [2.45, 2.75) is 31.9 Å². The maximum atomic E-state index is 5.51. The molecule has 0 amide bonds. The second-order valence-corrected chi connectivity index (χ2v) is 3.66. The van der Waals surface area contributed by atoms with Gasteiger partial charge in [0.25, 0.3) is 0 Å². The summed E-state index contributed by atoms with van der Waals surface area (Å²) in [7, 11) is 1.91. The number of oxazole rings is 1. The normalized spacial score (nSPS) is 27.0. The zero-order valence-corrected chi connectivity index (χ0v) is 8.62. The van der Waals surface area contributed by atoms with E-state index in [-0.39, 0.29) is 6.10 Å². The number of nitrogens with zero attached hydrogens (tertiary/aromatic N) is 1. The summed E-state index contributed by atoms with van der Waals surface area (Å²) in [6.45, 7) is 3.67. The minimum absolute atomic E-state index is 0.249. The van der Waals surface area contributed by atoms with Gasteiger partial charge >= 0.3 is 0 Å². The van der Waals surface area contributed by atoms with Gasteiger partial charge in [0, 0.05) is 19.1 Å². The highest BCUT2D eigenvalue weighted by molar-refractivity contribution is 5.15. The average molecular weight is 196 g/mol. The summed E-state index contributed by atoms with van der Waals surface area (Å²) in [6.07, 6.45) is 2.80. The van der Waals surface area contributed by atoms with E-state index in [0.717, 1.165) is 31.0 Å². The third-order valence-corrected chi connectivity index (χ3v) is 2.73. The minimum atomic E-state index is 0.249. The smallest absolute Gasteiger partial charge is 0.181 e. The highest BCUT2D eigenvalue weighted by Gasteiger charge is 2.30. The van der Waals surface area contributed by atoms with Gasteiger partial charge in [0.15, 0.2) is 6.39 Å². The molecule has 1 fully saturated rings. The number of rotatable bonds is 3. The summed E-state index contributed by atoms with van der Waals surface area (Å²) >= 11 is 0. The molecule has 0 spiro atoms. The molecule has 78 valence electrons. The van der Waals surface area contributed by atoms with Crippen LogP contribution in [0.25, 0.3) is 0 Å². The maximum absolute atomic E-state index is 5.51. The van der Waals surface area contributed by atoms with Gasteiger partial charge in [-0.1, -0.05) is 0 Å². The highest BCUT2D eigenvalue weighted by Crippen LogP contribution is 2.32. The molecular weight excluding hydrogens is 180 g/mol. The molecule has 2 unspecified atom stereocenters. The lowest BCUT2D eigenvalue weighted by molar-refractivity contribution is 0.115. The van der Waals surface area contributed by atoms with E-state index in [1.807, 2.05) is 7.05 Å². The van der Waals surface area contributed by atoms with Gasteiger partial charge in [0.05, 0.1) is 11.8 Å². The quantitative estimate of drug-likeness (QED) is 0.791. The monoisotopic (exact) mass is 196 g/mol. The predicted octanol–water partition coefficient (Wildman–Crippen LogP) is 1.29. The Morgan fingerprint density at radius 3 is 3.14 bits per heavy atom. The summed E-state index contributed by atoms with van der Waals surface area (Å²) in [4.78, 5) is 4.20. The molecule has 0 saturated carbocycles. The molecule has 0 bridgehead atoms. The second-order valence-electron chi connectivity index (χ2n) is 3.66. The van der Waals surface area contributed by atoms with Crippen molar-refractivity contribution in [3.05, 3.63) is 17.8 Å². The van der Waals surface area contributed by atoms with Gasteiger partial charge in [-0.2, -0.15) is 0 Å². The van der Waals surface area contributed by atoms with Gasteiger partial charge in [-0.15, -0.1) is 0 Å². The standard InChI is InChI=1S/C10H16N2O2/c1-7-8(3-4-13-7)10-9(5-11-2)12-6-14-10/h6-8,11H,3-5H2,1-2H3. The Bertz CT molecular complexity index is 298. The van der Waals surface area contributed by atoms with Crippen molar-refractivity contribution < 1.29 is 9.15 Å². The Labute approximate surface area is 83.7 Å². The molecule has 0 radical (unpaired) electrons. The Morgan fingerprint density at radius 2 is 2.50 bits per heavy atom. The first-order valence-corrected chi connectivity index (χ1v) is 5.01. The predicted molar refractivity (Wildman–Crippen MR) is 52.0 cm³/mol. The van der Waals surface area contributed by atoms with Crippen LogP contribution in [0.15, 0.2) is 10.8 Å². The van der Waals surface area contributed by atoms with Crippen LogP contribution in [0.4, 0.5) is 0 Å². The van der Waals surface area contributed by atoms with Crippen molar-refractivity contribution >= 4 is 0 Å². The Morgan fingerprint density at radius 1 is 1.64 bits per heavy atom. The fourth-order valence-corrected chi connectivity index (χ4v) is 1.96. The molecule has 2 rings (SSSR count). The van der Waals surface area contributed by atoms with Gasteiger partial charge in [-0.05, 0) is 20.4 Å². The topological polar surface area (TPSA) is 47.3 Å². The average Bonchev–Trinajstić information content (AvgIpc) is 2.74. The summed E-state index contributed by atoms with van der Waals surface area (Å²) in [5.74, 6) is 1.37. The molecular formula is C10H16N2O2. The van der Waals surface area contributed by atoms with E-state index in [0.29, 0.717) is 5.92 Å². The first kappa shape index (κ1) is 9.68. The Hall–Kier alpha value is -0.870. The van der Waals surface area contributed by atoms with E-state index in [2.05, 4.69) is 17.2 Å². The molecule has 1 saturated heterocycles. The van der Waals surface area contributed by atoms with Crippen LogP contribution >= 0.6 is 0 Å². The molecule has 2 heterocycles. The molecule has 1 aliphatic rings. The molecule has 0 aliphatic carbocycles. The zero-order chi connectivity index (χ0) is 9.97. The summed E-state index contributed by atoms with van der Waals surface area (Å²) < 4.78 is 11.0. The van der Waals surface area contributed by atoms with E-state index in [4.69, 9.17) is 9.15 Å². The van der Waals surface area contributed by atoms with Crippen LogP contribution in [0.5, 0.6) is 0 Å². The second kappa shape index (κ2) is 4.11. The molecule has 4 heteroatoms. The summed E-state index contributed by atoms with van der Waals surface area (Å²) in [6, 6.07) is 0. The molecule has 0 aromatic carbocycles. The summed E-state index contributed by atoms with van der Waals surface area (Å²) in [5.41, 5.74) is 1.01. The van der Waals surface area contributed by atoms with Gasteiger partial charge in [-0.25, -0.2) is 4.98 Å². The van der Waals surface area contributed by atoms with Gasteiger partial charge in [-0.3, -0.25) is 0 Å². The van der Waals surface area contributed by atoms with Gasteiger partial charge in [0.1, 0.15) is 5.76 Å². The Balaban J connectivity index is 2.17. The van der Waals surface area contributed by atoms with E-state index in [1.54, 1.807) is 0 Å². The molecule has 1 aromatic heterocycles. The van der Waals surface area contributed by atoms with Gasteiger partial charge < -0.3 is 14.5 Å². The van der Waals surface area contributed by atoms with Crippen LogP contribution in [0.3, 0.4) is 0 Å². The minimum Gasteiger partial charge on any atom is -0.448 e. The number of ether oxygens (including phenoxy) is 1. The van der Waals surface area contributed by atoms with Crippen molar-refractivity contribution in [3.8, 4) is 0 Å². The number of hydrogen-bond donors (Lipinski definition) is 1. The first-order valence-electron chi connectivity index (χ1n) is 5.01. The molecule has 1 N–H and O–H groups in total. The first-order chi connectivity index (χ1) is 6.83. The SMILES string of the molecule is CNCc1ncoc1C1CCOC1C. The molecule has 1 aliphatic heterocycles. The van der Waals surface area contributed by atoms with Crippen LogP contribution in [0.1, 0.15) is 30.7 Å². The number of aromatic nitrogens is 1. The lowest BCUT2D eigenvalue weighted by atomic mass is 9.98. The number of hydrogen-bond acceptors (Lipinski definition) is 4. The lowest BCUT2D eigenvalue weighted by Gasteiger charge is -2.12. The van der Waals surface area contributed by atoms with E-state index in [1.165, 1.54) is 6.39 Å². The van der Waals surface area contributed by atoms with Crippen LogP contribution in [0.2, 0.25) is 0 Å². The third-order valence-electron chi connectivity index (χ3n) is 2.73. The van der Waals surface area contributed by atoms with Gasteiger partial charge in [0.2, 0.25) is 0 Å².